The fourth-order valence-electron chi connectivity index (χ4n) is 0.953. The van der Waals surface area contributed by atoms with Gasteiger partial charge in [-0.2, -0.15) is 5.26 Å². The molecule has 1 atom stereocenters. The first kappa shape index (κ1) is 11.9. The molecule has 0 fully saturated rings. The van der Waals surface area contributed by atoms with Crippen molar-refractivity contribution >= 4 is 12.4 Å². The molecule has 0 spiro atoms. The van der Waals surface area contributed by atoms with Gasteiger partial charge in [0.05, 0.1) is 12.5 Å². The lowest BCUT2D eigenvalue weighted by Gasteiger charge is -2.06. The van der Waals surface area contributed by atoms with E-state index < -0.39 is 0 Å². The van der Waals surface area contributed by atoms with Crippen LogP contribution in [-0.4, -0.2) is 0 Å². The van der Waals surface area contributed by atoms with Crippen LogP contribution < -0.4 is 5.73 Å². The molecule has 0 aliphatic rings. The first-order valence-corrected chi connectivity index (χ1v) is 3.62. The predicted octanol–water partition coefficient (Wildman–Crippen LogP) is 2.16. The molecule has 2 N–H and O–H groups in total. The van der Waals surface area contributed by atoms with Crippen molar-refractivity contribution in [2.24, 2.45) is 5.73 Å². The molecule has 13 heavy (non-hydrogen) atoms. The van der Waals surface area contributed by atoms with Gasteiger partial charge in [0.2, 0.25) is 0 Å². The van der Waals surface area contributed by atoms with Gasteiger partial charge in [-0.3, -0.25) is 0 Å². The van der Waals surface area contributed by atoms with Gasteiger partial charge in [-0.25, -0.2) is 4.39 Å². The molecule has 0 aliphatic carbocycles. The van der Waals surface area contributed by atoms with Gasteiger partial charge in [0.15, 0.2) is 0 Å². The number of hydrogen-bond acceptors (Lipinski definition) is 2. The standard InChI is InChI=1S/C9H9FN2.ClH/c10-8-3-1-2-7(6-8)9(12)4-5-11;/h1-3,6,9H,4,12H2;1H/t9-;/m0./s1. The first-order valence-electron chi connectivity index (χ1n) is 3.62. The zero-order valence-electron chi connectivity index (χ0n) is 6.90. The van der Waals surface area contributed by atoms with Crippen molar-refractivity contribution in [2.75, 3.05) is 0 Å². The van der Waals surface area contributed by atoms with E-state index in [4.69, 9.17) is 11.0 Å². The molecule has 1 aromatic rings. The average Bonchev–Trinajstić information content (AvgIpc) is 2.05. The summed E-state index contributed by atoms with van der Waals surface area (Å²) in [5.74, 6) is -0.319. The SMILES string of the molecule is Cl.N#CC[C@H](N)c1cccc(F)c1. The van der Waals surface area contributed by atoms with Crippen molar-refractivity contribution in [1.82, 2.24) is 0 Å². The molecule has 1 aromatic carbocycles. The second-order valence-corrected chi connectivity index (χ2v) is 2.52. The van der Waals surface area contributed by atoms with Crippen LogP contribution in [0.4, 0.5) is 4.39 Å². The Kier molecular flexibility index (Phi) is 5.05. The Labute approximate surface area is 82.6 Å². The Balaban J connectivity index is 0.00000144. The largest absolute Gasteiger partial charge is 0.323 e. The van der Waals surface area contributed by atoms with Gasteiger partial charge >= 0.3 is 0 Å². The summed E-state index contributed by atoms with van der Waals surface area (Å²) in [6, 6.07) is 7.55. The monoisotopic (exact) mass is 200 g/mol. The van der Waals surface area contributed by atoms with Gasteiger partial charge in [-0.15, -0.1) is 12.4 Å². The van der Waals surface area contributed by atoms with Crippen LogP contribution in [0.15, 0.2) is 24.3 Å². The van der Waals surface area contributed by atoms with Crippen molar-refractivity contribution in [2.45, 2.75) is 12.5 Å². The highest BCUT2D eigenvalue weighted by Gasteiger charge is 2.04. The van der Waals surface area contributed by atoms with E-state index in [1.54, 1.807) is 12.1 Å². The first-order chi connectivity index (χ1) is 5.74. The quantitative estimate of drug-likeness (QED) is 0.796. The normalized spacial score (nSPS) is 11.2. The summed E-state index contributed by atoms with van der Waals surface area (Å²) >= 11 is 0. The van der Waals surface area contributed by atoms with Crippen LogP contribution in [0.3, 0.4) is 0 Å². The Morgan fingerprint density at radius 1 is 1.54 bits per heavy atom. The second kappa shape index (κ2) is 5.52. The third kappa shape index (κ3) is 3.41. The van der Waals surface area contributed by atoms with Crippen molar-refractivity contribution in [3.8, 4) is 6.07 Å². The molecule has 0 bridgehead atoms. The van der Waals surface area contributed by atoms with Crippen LogP contribution in [0.2, 0.25) is 0 Å². The third-order valence-electron chi connectivity index (χ3n) is 1.59. The van der Waals surface area contributed by atoms with Gasteiger partial charge in [-0.1, -0.05) is 12.1 Å². The lowest BCUT2D eigenvalue weighted by atomic mass is 10.1. The highest BCUT2D eigenvalue weighted by atomic mass is 35.5. The highest BCUT2D eigenvalue weighted by Crippen LogP contribution is 2.13. The summed E-state index contributed by atoms with van der Waals surface area (Å²) in [6.07, 6.45) is 0.212. The molecule has 0 amide bonds. The Bertz CT molecular complexity index is 309. The minimum absolute atomic E-state index is 0. The van der Waals surface area contributed by atoms with Gasteiger partial charge in [0.25, 0.3) is 0 Å². The maximum atomic E-state index is 12.6. The number of benzene rings is 1. The summed E-state index contributed by atoms with van der Waals surface area (Å²) in [6.45, 7) is 0. The van der Waals surface area contributed by atoms with Crippen LogP contribution in [0.25, 0.3) is 0 Å². The Morgan fingerprint density at radius 2 is 2.23 bits per heavy atom. The average molecular weight is 201 g/mol. The van der Waals surface area contributed by atoms with Gasteiger partial charge in [0, 0.05) is 6.04 Å². The fourth-order valence-corrected chi connectivity index (χ4v) is 0.953. The maximum Gasteiger partial charge on any atom is 0.123 e. The van der Waals surface area contributed by atoms with E-state index in [0.29, 0.717) is 5.56 Å². The second-order valence-electron chi connectivity index (χ2n) is 2.52. The van der Waals surface area contributed by atoms with E-state index in [1.165, 1.54) is 12.1 Å². The Morgan fingerprint density at radius 3 is 2.77 bits per heavy atom. The fraction of sp³-hybridized carbons (Fsp3) is 0.222. The van der Waals surface area contributed by atoms with E-state index in [2.05, 4.69) is 0 Å². The molecule has 0 aromatic heterocycles. The Hall–Kier alpha value is -1.11. The summed E-state index contributed by atoms with van der Waals surface area (Å²) in [5.41, 5.74) is 6.25. The van der Waals surface area contributed by atoms with Crippen molar-refractivity contribution in [3.05, 3.63) is 35.6 Å². The maximum absolute atomic E-state index is 12.6. The van der Waals surface area contributed by atoms with E-state index in [0.717, 1.165) is 0 Å². The molecule has 0 unspecified atom stereocenters. The van der Waals surface area contributed by atoms with Gasteiger partial charge in [0.1, 0.15) is 5.82 Å². The van der Waals surface area contributed by atoms with Crippen LogP contribution in [0.1, 0.15) is 18.0 Å². The molecule has 1 rings (SSSR count). The van der Waals surface area contributed by atoms with Gasteiger partial charge in [-0.05, 0) is 17.7 Å². The summed E-state index contributed by atoms with van der Waals surface area (Å²) < 4.78 is 12.6. The van der Waals surface area contributed by atoms with Gasteiger partial charge < -0.3 is 5.73 Å². The summed E-state index contributed by atoms with van der Waals surface area (Å²) in [4.78, 5) is 0. The number of nitriles is 1. The molecule has 0 aliphatic heterocycles. The van der Waals surface area contributed by atoms with Crippen molar-refractivity contribution < 1.29 is 4.39 Å². The zero-order valence-corrected chi connectivity index (χ0v) is 7.72. The third-order valence-corrected chi connectivity index (χ3v) is 1.59. The highest BCUT2D eigenvalue weighted by molar-refractivity contribution is 5.85. The van der Waals surface area contributed by atoms with E-state index in [-0.39, 0.29) is 30.7 Å². The number of nitrogens with zero attached hydrogens (tertiary/aromatic N) is 1. The molecular weight excluding hydrogens is 191 g/mol. The van der Waals surface area contributed by atoms with Crippen molar-refractivity contribution in [1.29, 1.82) is 5.26 Å². The van der Waals surface area contributed by atoms with E-state index in [9.17, 15) is 4.39 Å². The number of halogens is 2. The van der Waals surface area contributed by atoms with E-state index in [1.807, 2.05) is 6.07 Å². The molecule has 0 saturated heterocycles. The molecule has 0 radical (unpaired) electrons. The lowest BCUT2D eigenvalue weighted by molar-refractivity contribution is 0.620. The molecule has 2 nitrogen and oxygen atoms in total. The van der Waals surface area contributed by atoms with E-state index >= 15 is 0 Å². The molecule has 70 valence electrons. The zero-order chi connectivity index (χ0) is 8.97. The minimum atomic E-state index is -0.384. The molecular formula is C9H10ClFN2. The molecule has 0 saturated carbocycles. The smallest absolute Gasteiger partial charge is 0.123 e. The van der Waals surface area contributed by atoms with Crippen LogP contribution in [0.5, 0.6) is 0 Å². The predicted molar refractivity (Wildman–Crippen MR) is 50.8 cm³/mol. The molecule has 4 heteroatoms. The van der Waals surface area contributed by atoms with Crippen LogP contribution in [0, 0.1) is 17.1 Å². The van der Waals surface area contributed by atoms with Crippen LogP contribution >= 0.6 is 12.4 Å². The topological polar surface area (TPSA) is 49.8 Å². The van der Waals surface area contributed by atoms with Crippen LogP contribution in [-0.2, 0) is 0 Å². The summed E-state index contributed by atoms with van der Waals surface area (Å²) in [7, 11) is 0. The molecule has 0 heterocycles. The number of nitrogens with two attached hydrogens (primary N) is 1. The summed E-state index contributed by atoms with van der Waals surface area (Å²) in [5, 5.41) is 8.34. The number of rotatable bonds is 2. The van der Waals surface area contributed by atoms with Crippen molar-refractivity contribution in [3.63, 3.8) is 0 Å². The number of hydrogen-bond donors (Lipinski definition) is 1. The minimum Gasteiger partial charge on any atom is -0.323 e. The lowest BCUT2D eigenvalue weighted by Crippen LogP contribution is -2.09.